The van der Waals surface area contributed by atoms with Gasteiger partial charge in [-0.15, -0.1) is 0 Å². The minimum Gasteiger partial charge on any atom is -0.419 e. The minimum atomic E-state index is -0.365. The van der Waals surface area contributed by atoms with Crippen LogP contribution in [0, 0.1) is 0 Å². The van der Waals surface area contributed by atoms with E-state index in [2.05, 4.69) is 63.7 Å². The van der Waals surface area contributed by atoms with Gasteiger partial charge in [-0.05, 0) is 106 Å². The number of hydrogen-bond donors (Lipinski definition) is 0. The Morgan fingerprint density at radius 3 is 1.62 bits per heavy atom. The van der Waals surface area contributed by atoms with Crippen LogP contribution in [0.1, 0.15) is 52.9 Å². The largest absolute Gasteiger partial charge is 0.419 e. The van der Waals surface area contributed by atoms with Crippen molar-refractivity contribution in [3.05, 3.63) is 0 Å². The highest BCUT2D eigenvalue weighted by Crippen LogP contribution is 2.19. The first-order valence-corrected chi connectivity index (χ1v) is 11.6. The summed E-state index contributed by atoms with van der Waals surface area (Å²) >= 11 is 0. The SMILES string of the molecule is CCC(C)(CC)O[SiH2]CCCN(CCCN(C)C)CCCN(C)C. The third kappa shape index (κ3) is 13.4. The van der Waals surface area contributed by atoms with Crippen LogP contribution < -0.4 is 0 Å². The maximum Gasteiger partial charge on any atom is 0.162 e. The summed E-state index contributed by atoms with van der Waals surface area (Å²) in [6.45, 7) is 12.8. The zero-order valence-electron chi connectivity index (χ0n) is 17.7. The molecule has 0 aliphatic carbocycles. The molecule has 0 aliphatic rings. The van der Waals surface area contributed by atoms with Crippen molar-refractivity contribution in [2.45, 2.75) is 64.5 Å². The van der Waals surface area contributed by atoms with Gasteiger partial charge in [0.05, 0.1) is 5.60 Å². The van der Waals surface area contributed by atoms with Gasteiger partial charge in [0.15, 0.2) is 9.76 Å². The second-order valence-corrected chi connectivity index (χ2v) is 9.27. The van der Waals surface area contributed by atoms with Crippen LogP contribution in [-0.2, 0) is 4.43 Å². The smallest absolute Gasteiger partial charge is 0.162 e. The summed E-state index contributed by atoms with van der Waals surface area (Å²) in [5.41, 5.74) is 0.142. The summed E-state index contributed by atoms with van der Waals surface area (Å²) in [7, 11) is 8.29. The predicted molar refractivity (Wildman–Crippen MR) is 111 cm³/mol. The summed E-state index contributed by atoms with van der Waals surface area (Å²) in [5, 5.41) is 0. The first-order valence-electron chi connectivity index (χ1n) is 9.98. The van der Waals surface area contributed by atoms with Crippen molar-refractivity contribution in [2.75, 3.05) is 60.9 Å². The van der Waals surface area contributed by atoms with Gasteiger partial charge >= 0.3 is 0 Å². The standard InChI is InChI=1S/C19H45N3OSi/c1-8-19(3,9-2)23-24-18-12-17-22(15-10-13-20(4)5)16-11-14-21(6)7/h8-18,24H2,1-7H3. The van der Waals surface area contributed by atoms with Gasteiger partial charge in [-0.25, -0.2) is 0 Å². The highest BCUT2D eigenvalue weighted by molar-refractivity contribution is 6.27. The molecular weight excluding hydrogens is 314 g/mol. The fraction of sp³-hybridized carbons (Fsp3) is 1.00. The molecule has 0 spiro atoms. The lowest BCUT2D eigenvalue weighted by Crippen LogP contribution is -2.32. The van der Waals surface area contributed by atoms with Crippen LogP contribution in [0.5, 0.6) is 0 Å². The Hall–Kier alpha value is 0.0569. The molecule has 24 heavy (non-hydrogen) atoms. The molecule has 0 fully saturated rings. The topological polar surface area (TPSA) is 19.0 Å². The lowest BCUT2D eigenvalue weighted by Gasteiger charge is -2.28. The van der Waals surface area contributed by atoms with Gasteiger partial charge in [0.2, 0.25) is 0 Å². The molecule has 4 nitrogen and oxygen atoms in total. The average molecular weight is 360 g/mol. The Bertz CT molecular complexity index is 270. The van der Waals surface area contributed by atoms with Gasteiger partial charge in [-0.3, -0.25) is 0 Å². The lowest BCUT2D eigenvalue weighted by atomic mass is 10.0. The van der Waals surface area contributed by atoms with Crippen molar-refractivity contribution in [1.29, 1.82) is 0 Å². The van der Waals surface area contributed by atoms with Crippen LogP contribution in [0.2, 0.25) is 6.04 Å². The third-order valence-corrected chi connectivity index (χ3v) is 6.66. The molecule has 0 bridgehead atoms. The second-order valence-electron chi connectivity index (χ2n) is 7.87. The normalized spacial score (nSPS) is 13.2. The maximum atomic E-state index is 6.24. The molecule has 0 unspecified atom stereocenters. The molecule has 0 rings (SSSR count). The average Bonchev–Trinajstić information content (AvgIpc) is 2.53. The number of hydrogen-bond acceptors (Lipinski definition) is 4. The van der Waals surface area contributed by atoms with Crippen LogP contribution in [0.25, 0.3) is 0 Å². The molecule has 0 atom stereocenters. The van der Waals surface area contributed by atoms with Crippen LogP contribution in [0.4, 0.5) is 0 Å². The zero-order valence-corrected chi connectivity index (χ0v) is 19.1. The predicted octanol–water partition coefficient (Wildman–Crippen LogP) is 2.68. The molecule has 0 saturated heterocycles. The summed E-state index contributed by atoms with van der Waals surface area (Å²) < 4.78 is 6.24. The Morgan fingerprint density at radius 2 is 1.21 bits per heavy atom. The van der Waals surface area contributed by atoms with Crippen molar-refractivity contribution in [2.24, 2.45) is 0 Å². The second kappa shape index (κ2) is 14.2. The monoisotopic (exact) mass is 359 g/mol. The van der Waals surface area contributed by atoms with Gasteiger partial charge in [0.25, 0.3) is 0 Å². The molecule has 0 amide bonds. The Balaban J connectivity index is 4.00. The van der Waals surface area contributed by atoms with E-state index in [9.17, 15) is 0 Å². The molecule has 146 valence electrons. The van der Waals surface area contributed by atoms with Gasteiger partial charge in [-0.1, -0.05) is 13.8 Å². The molecule has 0 aromatic rings. The van der Waals surface area contributed by atoms with E-state index in [0.717, 1.165) is 12.8 Å². The highest BCUT2D eigenvalue weighted by atomic mass is 28.2. The number of nitrogens with zero attached hydrogens (tertiary/aromatic N) is 3. The molecule has 5 heteroatoms. The van der Waals surface area contributed by atoms with E-state index in [1.165, 1.54) is 58.0 Å². The van der Waals surface area contributed by atoms with Crippen molar-refractivity contribution in [1.82, 2.24) is 14.7 Å². The Morgan fingerprint density at radius 1 is 0.750 bits per heavy atom. The summed E-state index contributed by atoms with van der Waals surface area (Å²) in [6.07, 6.45) is 6.12. The molecule has 0 heterocycles. The van der Waals surface area contributed by atoms with E-state index in [1.54, 1.807) is 0 Å². The van der Waals surface area contributed by atoms with Gasteiger partial charge in [0, 0.05) is 0 Å². The molecule has 0 N–H and O–H groups in total. The van der Waals surface area contributed by atoms with Crippen LogP contribution in [-0.4, -0.2) is 91.0 Å². The van der Waals surface area contributed by atoms with Crippen molar-refractivity contribution in [3.63, 3.8) is 0 Å². The molecular formula is C19H45N3OSi. The van der Waals surface area contributed by atoms with Gasteiger partial charge < -0.3 is 19.1 Å². The fourth-order valence-corrected chi connectivity index (χ4v) is 4.24. The quantitative estimate of drug-likeness (QED) is 0.311. The minimum absolute atomic E-state index is 0.142. The van der Waals surface area contributed by atoms with E-state index in [4.69, 9.17) is 4.43 Å². The summed E-state index contributed by atoms with van der Waals surface area (Å²) in [5.74, 6) is 0. The first kappa shape index (κ1) is 24.1. The van der Waals surface area contributed by atoms with Crippen LogP contribution >= 0.6 is 0 Å². The Kier molecular flexibility index (Phi) is 14.3. The lowest BCUT2D eigenvalue weighted by molar-refractivity contribution is 0.0848. The van der Waals surface area contributed by atoms with E-state index >= 15 is 0 Å². The first-order chi connectivity index (χ1) is 11.3. The van der Waals surface area contributed by atoms with Crippen LogP contribution in [0.3, 0.4) is 0 Å². The Labute approximate surface area is 154 Å². The van der Waals surface area contributed by atoms with E-state index in [1.807, 2.05) is 0 Å². The molecule has 0 aliphatic heterocycles. The van der Waals surface area contributed by atoms with Crippen molar-refractivity contribution < 1.29 is 4.43 Å². The zero-order chi connectivity index (χ0) is 18.4. The van der Waals surface area contributed by atoms with Crippen molar-refractivity contribution >= 4 is 9.76 Å². The third-order valence-electron chi connectivity index (χ3n) is 4.97. The maximum absolute atomic E-state index is 6.24. The molecule has 0 aromatic carbocycles. The fourth-order valence-electron chi connectivity index (χ4n) is 2.77. The van der Waals surface area contributed by atoms with Gasteiger partial charge in [-0.2, -0.15) is 0 Å². The van der Waals surface area contributed by atoms with E-state index in [-0.39, 0.29) is 15.4 Å². The van der Waals surface area contributed by atoms with E-state index in [0.29, 0.717) is 0 Å². The molecule has 0 aromatic heterocycles. The van der Waals surface area contributed by atoms with Gasteiger partial charge in [0.1, 0.15) is 0 Å². The number of rotatable bonds is 16. The summed E-state index contributed by atoms with van der Waals surface area (Å²) in [6, 6.07) is 1.31. The summed E-state index contributed by atoms with van der Waals surface area (Å²) in [4.78, 5) is 7.24. The highest BCUT2D eigenvalue weighted by Gasteiger charge is 2.18. The van der Waals surface area contributed by atoms with Crippen molar-refractivity contribution in [3.8, 4) is 0 Å². The molecule has 0 saturated carbocycles. The molecule has 0 radical (unpaired) electrons. The van der Waals surface area contributed by atoms with E-state index < -0.39 is 0 Å². The van der Waals surface area contributed by atoms with Crippen LogP contribution in [0.15, 0.2) is 0 Å².